The van der Waals surface area contributed by atoms with Gasteiger partial charge in [0.2, 0.25) is 0 Å². The number of nitrogens with two attached hydrogens (primary N) is 1. The first kappa shape index (κ1) is 10.0. The predicted octanol–water partition coefficient (Wildman–Crippen LogP) is 3.38. The molecule has 0 aromatic carbocycles. The molecular formula is C14H17N. The molecular weight excluding hydrogens is 182 g/mol. The maximum Gasteiger partial charge on any atom is 0.0310 e. The Labute approximate surface area is 91.4 Å². The highest BCUT2D eigenvalue weighted by Crippen LogP contribution is 2.22. The fraction of sp³-hybridized carbons (Fsp3) is 0.286. The SMILES string of the molecule is NC1=CC=C(C2=CCCCC=C2)CC=C1. The lowest BCUT2D eigenvalue weighted by molar-refractivity contribution is 0.874. The van der Waals surface area contributed by atoms with Crippen LogP contribution in [0, 0.1) is 0 Å². The topological polar surface area (TPSA) is 26.0 Å². The van der Waals surface area contributed by atoms with Crippen LogP contribution in [-0.2, 0) is 0 Å². The van der Waals surface area contributed by atoms with Gasteiger partial charge in [-0.1, -0.05) is 30.4 Å². The summed E-state index contributed by atoms with van der Waals surface area (Å²) in [6.07, 6.45) is 19.7. The van der Waals surface area contributed by atoms with Crippen LogP contribution in [0.1, 0.15) is 25.7 Å². The first-order chi connectivity index (χ1) is 7.36. The van der Waals surface area contributed by atoms with E-state index in [4.69, 9.17) is 5.73 Å². The van der Waals surface area contributed by atoms with Gasteiger partial charge in [-0.3, -0.25) is 0 Å². The Morgan fingerprint density at radius 2 is 1.93 bits per heavy atom. The van der Waals surface area contributed by atoms with Gasteiger partial charge in [0.25, 0.3) is 0 Å². The summed E-state index contributed by atoms with van der Waals surface area (Å²) in [7, 11) is 0. The van der Waals surface area contributed by atoms with Gasteiger partial charge in [0.1, 0.15) is 0 Å². The van der Waals surface area contributed by atoms with Crippen molar-refractivity contribution in [2.45, 2.75) is 25.7 Å². The van der Waals surface area contributed by atoms with E-state index in [1.54, 1.807) is 0 Å². The van der Waals surface area contributed by atoms with Crippen LogP contribution in [-0.4, -0.2) is 0 Å². The fourth-order valence-electron chi connectivity index (χ4n) is 1.87. The van der Waals surface area contributed by atoms with Gasteiger partial charge in [0, 0.05) is 5.70 Å². The number of hydrogen-bond donors (Lipinski definition) is 1. The number of allylic oxidation sites excluding steroid dienone is 9. The molecule has 0 spiro atoms. The van der Waals surface area contributed by atoms with Crippen molar-refractivity contribution in [2.75, 3.05) is 0 Å². The zero-order valence-corrected chi connectivity index (χ0v) is 8.95. The Morgan fingerprint density at radius 3 is 2.87 bits per heavy atom. The summed E-state index contributed by atoms with van der Waals surface area (Å²) >= 11 is 0. The van der Waals surface area contributed by atoms with Gasteiger partial charge in [-0.15, -0.1) is 0 Å². The molecule has 0 atom stereocenters. The number of rotatable bonds is 1. The van der Waals surface area contributed by atoms with E-state index < -0.39 is 0 Å². The van der Waals surface area contributed by atoms with Gasteiger partial charge in [0.15, 0.2) is 0 Å². The molecule has 2 rings (SSSR count). The van der Waals surface area contributed by atoms with Crippen molar-refractivity contribution in [3.8, 4) is 0 Å². The van der Waals surface area contributed by atoms with E-state index in [2.05, 4.69) is 30.4 Å². The van der Waals surface area contributed by atoms with Crippen LogP contribution in [0.2, 0.25) is 0 Å². The molecule has 1 heteroatoms. The Morgan fingerprint density at radius 1 is 1.00 bits per heavy atom. The number of hydrogen-bond acceptors (Lipinski definition) is 1. The van der Waals surface area contributed by atoms with E-state index in [1.165, 1.54) is 30.4 Å². The highest BCUT2D eigenvalue weighted by atomic mass is 14.5. The highest BCUT2D eigenvalue weighted by Gasteiger charge is 2.03. The van der Waals surface area contributed by atoms with E-state index in [0.717, 1.165) is 12.1 Å². The van der Waals surface area contributed by atoms with Crippen LogP contribution in [0.25, 0.3) is 0 Å². The zero-order valence-electron chi connectivity index (χ0n) is 8.95. The lowest BCUT2D eigenvalue weighted by Gasteiger charge is -2.03. The second-order valence-electron chi connectivity index (χ2n) is 3.96. The summed E-state index contributed by atoms with van der Waals surface area (Å²) in [4.78, 5) is 0. The Balaban J connectivity index is 2.23. The molecule has 78 valence electrons. The summed E-state index contributed by atoms with van der Waals surface area (Å²) in [6, 6.07) is 0. The molecule has 0 heterocycles. The molecule has 2 N–H and O–H groups in total. The van der Waals surface area contributed by atoms with Crippen molar-refractivity contribution in [1.82, 2.24) is 0 Å². The van der Waals surface area contributed by atoms with Gasteiger partial charge in [0.05, 0.1) is 0 Å². The third-order valence-electron chi connectivity index (χ3n) is 2.73. The van der Waals surface area contributed by atoms with Crippen molar-refractivity contribution in [3.63, 3.8) is 0 Å². The first-order valence-corrected chi connectivity index (χ1v) is 5.56. The quantitative estimate of drug-likeness (QED) is 0.688. The minimum absolute atomic E-state index is 0.836. The van der Waals surface area contributed by atoms with Crippen LogP contribution in [0.3, 0.4) is 0 Å². The monoisotopic (exact) mass is 199 g/mol. The largest absolute Gasteiger partial charge is 0.399 e. The molecule has 0 aromatic rings. The summed E-state index contributed by atoms with van der Waals surface area (Å²) in [5.41, 5.74) is 9.32. The maximum atomic E-state index is 5.75. The lowest BCUT2D eigenvalue weighted by Crippen LogP contribution is -1.89. The molecule has 0 fully saturated rings. The molecule has 0 radical (unpaired) electrons. The van der Waals surface area contributed by atoms with Gasteiger partial charge >= 0.3 is 0 Å². The first-order valence-electron chi connectivity index (χ1n) is 5.56. The van der Waals surface area contributed by atoms with Gasteiger partial charge in [-0.05, 0) is 49.0 Å². The average Bonchev–Trinajstić information content (AvgIpc) is 2.59. The third kappa shape index (κ3) is 2.72. The van der Waals surface area contributed by atoms with Gasteiger partial charge in [-0.25, -0.2) is 0 Å². The molecule has 0 aromatic heterocycles. The maximum absolute atomic E-state index is 5.75. The second-order valence-corrected chi connectivity index (χ2v) is 3.96. The fourth-order valence-corrected chi connectivity index (χ4v) is 1.87. The lowest BCUT2D eigenvalue weighted by atomic mass is 10.0. The molecule has 0 saturated carbocycles. The van der Waals surface area contributed by atoms with Crippen molar-refractivity contribution >= 4 is 0 Å². The molecule has 0 unspecified atom stereocenters. The Bertz CT molecular complexity index is 378. The van der Waals surface area contributed by atoms with E-state index >= 15 is 0 Å². The van der Waals surface area contributed by atoms with E-state index in [0.29, 0.717) is 0 Å². The summed E-state index contributed by atoms with van der Waals surface area (Å²) in [5, 5.41) is 0. The van der Waals surface area contributed by atoms with Crippen molar-refractivity contribution in [3.05, 3.63) is 59.4 Å². The van der Waals surface area contributed by atoms with Crippen molar-refractivity contribution in [2.24, 2.45) is 5.73 Å². The van der Waals surface area contributed by atoms with Crippen LogP contribution >= 0.6 is 0 Å². The van der Waals surface area contributed by atoms with E-state index in [9.17, 15) is 0 Å². The van der Waals surface area contributed by atoms with Crippen LogP contribution in [0.15, 0.2) is 59.4 Å². The zero-order chi connectivity index (χ0) is 10.5. The molecule has 0 bridgehead atoms. The molecule has 0 amide bonds. The molecule has 0 aliphatic heterocycles. The molecule has 2 aliphatic carbocycles. The van der Waals surface area contributed by atoms with Crippen LogP contribution in [0.4, 0.5) is 0 Å². The van der Waals surface area contributed by atoms with E-state index in [-0.39, 0.29) is 0 Å². The predicted molar refractivity (Wildman–Crippen MR) is 65.2 cm³/mol. The smallest absolute Gasteiger partial charge is 0.0310 e. The molecule has 2 aliphatic rings. The van der Waals surface area contributed by atoms with Gasteiger partial charge < -0.3 is 5.73 Å². The molecule has 1 nitrogen and oxygen atoms in total. The minimum Gasteiger partial charge on any atom is -0.399 e. The standard InChI is InChI=1S/C14H17N/c15-14-9-5-8-13(10-11-14)12-6-3-1-2-4-7-12/h3,5-7,9-11H,1-2,4,8,15H2. The van der Waals surface area contributed by atoms with Gasteiger partial charge in [-0.2, -0.15) is 0 Å². The van der Waals surface area contributed by atoms with Crippen molar-refractivity contribution in [1.29, 1.82) is 0 Å². The van der Waals surface area contributed by atoms with Crippen LogP contribution < -0.4 is 5.73 Å². The van der Waals surface area contributed by atoms with Crippen molar-refractivity contribution < 1.29 is 0 Å². The molecule has 0 saturated heterocycles. The normalized spacial score (nSPS) is 21.2. The second kappa shape index (κ2) is 4.83. The average molecular weight is 199 g/mol. The molecule has 15 heavy (non-hydrogen) atoms. The Kier molecular flexibility index (Phi) is 3.23. The summed E-state index contributed by atoms with van der Waals surface area (Å²) in [6.45, 7) is 0. The van der Waals surface area contributed by atoms with E-state index in [1.807, 2.05) is 12.2 Å². The Hall–Kier alpha value is -1.50. The highest BCUT2D eigenvalue weighted by molar-refractivity contribution is 5.45. The summed E-state index contributed by atoms with van der Waals surface area (Å²) in [5.74, 6) is 0. The minimum atomic E-state index is 0.836. The summed E-state index contributed by atoms with van der Waals surface area (Å²) < 4.78 is 0. The third-order valence-corrected chi connectivity index (χ3v) is 2.73. The van der Waals surface area contributed by atoms with Crippen LogP contribution in [0.5, 0.6) is 0 Å².